The van der Waals surface area contributed by atoms with E-state index in [1.165, 1.54) is 12.1 Å². The van der Waals surface area contributed by atoms with E-state index in [9.17, 15) is 9.18 Å². The minimum absolute atomic E-state index is 0.126. The van der Waals surface area contributed by atoms with E-state index in [2.05, 4.69) is 10.3 Å². The number of aromatic nitrogens is 1. The highest BCUT2D eigenvalue weighted by molar-refractivity contribution is 5.93. The maximum atomic E-state index is 13.7. The normalized spacial score (nSPS) is 10.6. The van der Waals surface area contributed by atoms with E-state index in [0.717, 1.165) is 22.2 Å². The molecule has 0 aliphatic heterocycles. The number of para-hydroxylation sites is 2. The zero-order valence-corrected chi connectivity index (χ0v) is 14.9. The van der Waals surface area contributed by atoms with Gasteiger partial charge in [0, 0.05) is 17.0 Å². The fourth-order valence-electron chi connectivity index (χ4n) is 2.91. The maximum absolute atomic E-state index is 13.7. The van der Waals surface area contributed by atoms with Crippen molar-refractivity contribution in [3.8, 4) is 17.0 Å². The van der Waals surface area contributed by atoms with Gasteiger partial charge >= 0.3 is 0 Å². The first-order valence-electron chi connectivity index (χ1n) is 8.83. The number of fused-ring (bicyclic) bond motifs is 1. The van der Waals surface area contributed by atoms with Crippen molar-refractivity contribution in [2.24, 2.45) is 0 Å². The topological polar surface area (TPSA) is 51.2 Å². The van der Waals surface area contributed by atoms with Crippen LogP contribution in [-0.2, 0) is 4.79 Å². The number of amides is 1. The molecule has 1 heterocycles. The number of halogens is 1. The molecule has 4 rings (SSSR count). The number of carbonyl (C=O) groups is 1. The Morgan fingerprint density at radius 3 is 2.46 bits per heavy atom. The Labute approximate surface area is 161 Å². The third-order valence-electron chi connectivity index (χ3n) is 4.25. The Balaban J connectivity index is 1.59. The van der Waals surface area contributed by atoms with Gasteiger partial charge in [0.15, 0.2) is 6.61 Å². The minimum atomic E-state index is -0.489. The van der Waals surface area contributed by atoms with Crippen LogP contribution < -0.4 is 10.1 Å². The average Bonchev–Trinajstić information content (AvgIpc) is 2.74. The number of hydrogen-bond donors (Lipinski definition) is 1. The zero-order chi connectivity index (χ0) is 19.3. The van der Waals surface area contributed by atoms with Gasteiger partial charge in [-0.25, -0.2) is 9.37 Å². The Kier molecular flexibility index (Phi) is 4.97. The summed E-state index contributed by atoms with van der Waals surface area (Å²) in [4.78, 5) is 16.9. The van der Waals surface area contributed by atoms with Crippen molar-refractivity contribution >= 4 is 22.5 Å². The SMILES string of the molecule is O=C(COc1cc(-c2ccccc2)nc2ccccc12)Nc1ccccc1F. The van der Waals surface area contributed by atoms with Crippen LogP contribution in [0.2, 0.25) is 0 Å². The van der Waals surface area contributed by atoms with Crippen LogP contribution in [0.25, 0.3) is 22.2 Å². The van der Waals surface area contributed by atoms with E-state index < -0.39 is 11.7 Å². The molecule has 4 aromatic rings. The number of ether oxygens (including phenoxy) is 1. The number of hydrogen-bond acceptors (Lipinski definition) is 3. The second-order valence-electron chi connectivity index (χ2n) is 6.21. The molecule has 4 nitrogen and oxygen atoms in total. The molecule has 0 bridgehead atoms. The van der Waals surface area contributed by atoms with Gasteiger partial charge in [0.05, 0.1) is 16.9 Å². The van der Waals surface area contributed by atoms with Crippen molar-refractivity contribution in [3.63, 3.8) is 0 Å². The van der Waals surface area contributed by atoms with Crippen molar-refractivity contribution in [2.75, 3.05) is 11.9 Å². The molecule has 1 amide bonds. The van der Waals surface area contributed by atoms with Crippen LogP contribution >= 0.6 is 0 Å². The number of anilines is 1. The van der Waals surface area contributed by atoms with Crippen LogP contribution in [0.5, 0.6) is 5.75 Å². The first-order valence-corrected chi connectivity index (χ1v) is 8.83. The molecule has 28 heavy (non-hydrogen) atoms. The van der Waals surface area contributed by atoms with Gasteiger partial charge in [-0.1, -0.05) is 54.6 Å². The lowest BCUT2D eigenvalue weighted by Gasteiger charge is -2.12. The van der Waals surface area contributed by atoms with Gasteiger partial charge in [-0.05, 0) is 24.3 Å². The Bertz CT molecular complexity index is 1130. The summed E-state index contributed by atoms with van der Waals surface area (Å²) in [6.07, 6.45) is 0. The highest BCUT2D eigenvalue weighted by atomic mass is 19.1. The highest BCUT2D eigenvalue weighted by Gasteiger charge is 2.11. The summed E-state index contributed by atoms with van der Waals surface area (Å²) < 4.78 is 19.5. The van der Waals surface area contributed by atoms with E-state index in [-0.39, 0.29) is 12.3 Å². The summed E-state index contributed by atoms with van der Waals surface area (Å²) in [6, 6.07) is 25.1. The first kappa shape index (κ1) is 17.7. The molecule has 0 saturated carbocycles. The fourth-order valence-corrected chi connectivity index (χ4v) is 2.91. The number of nitrogens with zero attached hydrogens (tertiary/aromatic N) is 1. The van der Waals surface area contributed by atoms with Crippen LogP contribution in [0.4, 0.5) is 10.1 Å². The first-order chi connectivity index (χ1) is 13.7. The van der Waals surface area contributed by atoms with Gasteiger partial charge in [0.1, 0.15) is 11.6 Å². The molecule has 5 heteroatoms. The highest BCUT2D eigenvalue weighted by Crippen LogP contribution is 2.30. The van der Waals surface area contributed by atoms with Crippen molar-refractivity contribution in [3.05, 3.63) is 90.7 Å². The zero-order valence-electron chi connectivity index (χ0n) is 14.9. The predicted molar refractivity (Wildman–Crippen MR) is 108 cm³/mol. The third-order valence-corrected chi connectivity index (χ3v) is 4.25. The van der Waals surface area contributed by atoms with Crippen molar-refractivity contribution < 1.29 is 13.9 Å². The molecule has 0 saturated heterocycles. The van der Waals surface area contributed by atoms with Crippen molar-refractivity contribution in [2.45, 2.75) is 0 Å². The summed E-state index contributed by atoms with van der Waals surface area (Å²) in [6.45, 7) is -0.240. The Morgan fingerprint density at radius 1 is 0.929 bits per heavy atom. The summed E-state index contributed by atoms with van der Waals surface area (Å²) in [5.74, 6) is -0.378. The van der Waals surface area contributed by atoms with Crippen LogP contribution in [0.1, 0.15) is 0 Å². The van der Waals surface area contributed by atoms with E-state index in [1.54, 1.807) is 12.1 Å². The van der Waals surface area contributed by atoms with E-state index in [1.807, 2.05) is 60.7 Å². The van der Waals surface area contributed by atoms with Gasteiger partial charge in [-0.15, -0.1) is 0 Å². The van der Waals surface area contributed by atoms with Crippen LogP contribution in [-0.4, -0.2) is 17.5 Å². The standard InChI is InChI=1S/C23H17FN2O2/c24-18-11-5-7-13-20(18)26-23(27)15-28-22-14-21(16-8-2-1-3-9-16)25-19-12-6-4-10-17(19)22/h1-14H,15H2,(H,26,27). The molecule has 0 aliphatic rings. The van der Waals surface area contributed by atoms with Crippen LogP contribution in [0.15, 0.2) is 84.9 Å². The number of pyridine rings is 1. The molecule has 138 valence electrons. The third kappa shape index (κ3) is 3.83. The lowest BCUT2D eigenvalue weighted by molar-refractivity contribution is -0.118. The number of carbonyl (C=O) groups excluding carboxylic acids is 1. The van der Waals surface area contributed by atoms with Crippen LogP contribution in [0, 0.1) is 5.82 Å². The Morgan fingerprint density at radius 2 is 1.64 bits per heavy atom. The fraction of sp³-hybridized carbons (Fsp3) is 0.0435. The van der Waals surface area contributed by atoms with E-state index in [4.69, 9.17) is 4.74 Å². The average molecular weight is 372 g/mol. The quantitative estimate of drug-likeness (QED) is 0.533. The van der Waals surface area contributed by atoms with Gasteiger partial charge in [-0.3, -0.25) is 4.79 Å². The summed E-state index contributed by atoms with van der Waals surface area (Å²) in [5, 5.41) is 3.33. The molecule has 0 spiro atoms. The molecule has 0 aliphatic carbocycles. The number of nitrogens with one attached hydrogen (secondary N) is 1. The Hall–Kier alpha value is -3.73. The molecule has 0 radical (unpaired) electrons. The monoisotopic (exact) mass is 372 g/mol. The van der Waals surface area contributed by atoms with Gasteiger partial charge in [0.2, 0.25) is 0 Å². The van der Waals surface area contributed by atoms with Crippen LogP contribution in [0.3, 0.4) is 0 Å². The van der Waals surface area contributed by atoms with Gasteiger partial charge < -0.3 is 10.1 Å². The molecular weight excluding hydrogens is 355 g/mol. The number of rotatable bonds is 5. The predicted octanol–water partition coefficient (Wildman–Crippen LogP) is 5.06. The lowest BCUT2D eigenvalue weighted by Crippen LogP contribution is -2.20. The van der Waals surface area contributed by atoms with E-state index in [0.29, 0.717) is 5.75 Å². The lowest BCUT2D eigenvalue weighted by atomic mass is 10.1. The summed E-state index contributed by atoms with van der Waals surface area (Å²) in [7, 11) is 0. The molecule has 3 aromatic carbocycles. The summed E-state index contributed by atoms with van der Waals surface area (Å²) in [5.41, 5.74) is 2.60. The molecule has 0 fully saturated rings. The molecule has 1 N–H and O–H groups in total. The summed E-state index contributed by atoms with van der Waals surface area (Å²) >= 11 is 0. The van der Waals surface area contributed by atoms with E-state index >= 15 is 0 Å². The van der Waals surface area contributed by atoms with Crippen molar-refractivity contribution in [1.29, 1.82) is 0 Å². The minimum Gasteiger partial charge on any atom is -0.483 e. The molecule has 0 unspecified atom stereocenters. The molecule has 1 aromatic heterocycles. The number of benzene rings is 3. The largest absolute Gasteiger partial charge is 0.483 e. The molecule has 0 atom stereocenters. The second-order valence-corrected chi connectivity index (χ2v) is 6.21. The van der Waals surface area contributed by atoms with Gasteiger partial charge in [0.25, 0.3) is 5.91 Å². The smallest absolute Gasteiger partial charge is 0.262 e. The van der Waals surface area contributed by atoms with Crippen molar-refractivity contribution in [1.82, 2.24) is 4.98 Å². The van der Waals surface area contributed by atoms with Gasteiger partial charge in [-0.2, -0.15) is 0 Å². The molecular formula is C23H17FN2O2. The maximum Gasteiger partial charge on any atom is 0.262 e. The second kappa shape index (κ2) is 7.88.